The van der Waals surface area contributed by atoms with Crippen molar-refractivity contribution in [1.82, 2.24) is 4.90 Å². The van der Waals surface area contributed by atoms with E-state index in [1.165, 1.54) is 6.07 Å². The molecule has 4 rings (SSSR count). The Kier molecular flexibility index (Phi) is 5.50. The second kappa shape index (κ2) is 8.15. The van der Waals surface area contributed by atoms with Crippen LogP contribution in [0.2, 0.25) is 0 Å². The fourth-order valence-corrected chi connectivity index (χ4v) is 4.57. The monoisotopic (exact) mass is 435 g/mol. The third-order valence-corrected chi connectivity index (χ3v) is 6.71. The number of amides is 1. The van der Waals surface area contributed by atoms with Gasteiger partial charge in [0.2, 0.25) is 5.91 Å². The maximum atomic E-state index is 13.0. The third kappa shape index (κ3) is 3.53. The lowest BCUT2D eigenvalue weighted by Gasteiger charge is -2.39. The molecule has 2 heterocycles. The van der Waals surface area contributed by atoms with E-state index in [9.17, 15) is 24.6 Å². The van der Waals surface area contributed by atoms with E-state index in [0.29, 0.717) is 48.0 Å². The summed E-state index contributed by atoms with van der Waals surface area (Å²) in [7, 11) is 0. The quantitative estimate of drug-likeness (QED) is 0.609. The number of hydrogen-bond acceptors (Lipinski definition) is 5. The number of aliphatic carboxylic acids is 1. The van der Waals surface area contributed by atoms with Crippen LogP contribution >= 0.6 is 0 Å². The fourth-order valence-electron chi connectivity index (χ4n) is 4.57. The van der Waals surface area contributed by atoms with E-state index in [-0.39, 0.29) is 23.6 Å². The number of phenolic OH excluding ortho intramolecular Hbond substituents is 1. The van der Waals surface area contributed by atoms with Gasteiger partial charge in [-0.3, -0.25) is 9.59 Å². The topological polar surface area (TPSA) is 108 Å². The first-order valence-corrected chi connectivity index (χ1v) is 10.6. The van der Waals surface area contributed by atoms with Crippen molar-refractivity contribution in [2.75, 3.05) is 13.1 Å². The van der Waals surface area contributed by atoms with Gasteiger partial charge in [0.05, 0.1) is 17.4 Å². The standard InChI is InChI=1S/C25H25NO6/c1-15-18-8-9-20(27)16(2)22(18)32-23(29)19(15)14-21(28)26-12-10-25(11-13-26,24(30)31)17-6-4-3-5-7-17/h3-9,27H,10-14H2,1-2H3,(H,30,31). The molecule has 2 aromatic carbocycles. The van der Waals surface area contributed by atoms with E-state index >= 15 is 0 Å². The highest BCUT2D eigenvalue weighted by Gasteiger charge is 2.43. The van der Waals surface area contributed by atoms with Gasteiger partial charge in [0.1, 0.15) is 11.3 Å². The second-order valence-corrected chi connectivity index (χ2v) is 8.39. The number of carboxylic acid groups (broad SMARTS) is 1. The number of aromatic hydroxyl groups is 1. The van der Waals surface area contributed by atoms with Gasteiger partial charge in [-0.05, 0) is 49.9 Å². The summed E-state index contributed by atoms with van der Waals surface area (Å²) in [6, 6.07) is 12.3. The van der Waals surface area contributed by atoms with Crippen molar-refractivity contribution in [2.24, 2.45) is 0 Å². The minimum atomic E-state index is -1.02. The molecule has 3 aromatic rings. The van der Waals surface area contributed by atoms with Gasteiger partial charge in [0, 0.05) is 24.0 Å². The third-order valence-electron chi connectivity index (χ3n) is 6.71. The molecule has 0 saturated carbocycles. The number of rotatable bonds is 4. The molecule has 0 bridgehead atoms. The van der Waals surface area contributed by atoms with Gasteiger partial charge in [-0.15, -0.1) is 0 Å². The number of carboxylic acids is 1. The molecule has 0 unspecified atom stereocenters. The molecule has 1 saturated heterocycles. The molecule has 1 amide bonds. The first-order chi connectivity index (χ1) is 15.2. The molecule has 7 heteroatoms. The molecule has 1 aliphatic heterocycles. The molecule has 166 valence electrons. The zero-order valence-corrected chi connectivity index (χ0v) is 18.1. The first kappa shape index (κ1) is 21.6. The SMILES string of the molecule is Cc1c(CC(=O)N2CCC(C(=O)O)(c3ccccc3)CC2)c(=O)oc2c(C)c(O)ccc12. The Balaban J connectivity index is 1.56. The molecule has 0 radical (unpaired) electrons. The number of likely N-dealkylation sites (tertiary alicyclic amines) is 1. The number of aryl methyl sites for hydroxylation is 2. The zero-order chi connectivity index (χ0) is 23.0. The minimum Gasteiger partial charge on any atom is -0.508 e. The van der Waals surface area contributed by atoms with Crippen LogP contribution in [0.25, 0.3) is 11.0 Å². The van der Waals surface area contributed by atoms with Crippen LogP contribution in [-0.2, 0) is 21.4 Å². The molecule has 7 nitrogen and oxygen atoms in total. The van der Waals surface area contributed by atoms with Crippen LogP contribution in [0, 0.1) is 13.8 Å². The minimum absolute atomic E-state index is 0.0394. The summed E-state index contributed by atoms with van der Waals surface area (Å²) < 4.78 is 5.43. The number of carbonyl (C=O) groups is 2. The van der Waals surface area contributed by atoms with Crippen LogP contribution in [0.4, 0.5) is 0 Å². The molecule has 0 aliphatic carbocycles. The summed E-state index contributed by atoms with van der Waals surface area (Å²) in [6.07, 6.45) is 0.499. The highest BCUT2D eigenvalue weighted by molar-refractivity contribution is 5.88. The molecular weight excluding hydrogens is 410 g/mol. The molecular formula is C25H25NO6. The van der Waals surface area contributed by atoms with Gasteiger partial charge in [0.25, 0.3) is 0 Å². The molecule has 1 aliphatic rings. The van der Waals surface area contributed by atoms with Crippen molar-refractivity contribution in [3.8, 4) is 5.75 Å². The maximum absolute atomic E-state index is 13.0. The lowest BCUT2D eigenvalue weighted by Crippen LogP contribution is -2.49. The lowest BCUT2D eigenvalue weighted by atomic mass is 9.73. The van der Waals surface area contributed by atoms with E-state index < -0.39 is 17.0 Å². The van der Waals surface area contributed by atoms with Crippen molar-refractivity contribution >= 4 is 22.8 Å². The summed E-state index contributed by atoms with van der Waals surface area (Å²) in [5.74, 6) is -1.08. The average Bonchev–Trinajstić information content (AvgIpc) is 2.79. The predicted molar refractivity (Wildman–Crippen MR) is 119 cm³/mol. The molecule has 1 fully saturated rings. The second-order valence-electron chi connectivity index (χ2n) is 8.39. The van der Waals surface area contributed by atoms with Crippen LogP contribution in [0.15, 0.2) is 51.7 Å². The average molecular weight is 435 g/mol. The van der Waals surface area contributed by atoms with Gasteiger partial charge in [-0.2, -0.15) is 0 Å². The summed E-state index contributed by atoms with van der Waals surface area (Å²) in [4.78, 5) is 39.4. The Morgan fingerprint density at radius 3 is 2.31 bits per heavy atom. The van der Waals surface area contributed by atoms with E-state index in [0.717, 1.165) is 5.56 Å². The van der Waals surface area contributed by atoms with E-state index in [1.54, 1.807) is 24.8 Å². The number of nitrogens with zero attached hydrogens (tertiary/aromatic N) is 1. The van der Waals surface area contributed by atoms with Gasteiger partial charge in [-0.25, -0.2) is 4.79 Å². The molecule has 2 N–H and O–H groups in total. The summed E-state index contributed by atoms with van der Waals surface area (Å²) in [6.45, 7) is 4.02. The van der Waals surface area contributed by atoms with Crippen molar-refractivity contribution in [3.63, 3.8) is 0 Å². The number of hydrogen-bond donors (Lipinski definition) is 2. The van der Waals surface area contributed by atoms with Gasteiger partial charge in [0.15, 0.2) is 0 Å². The number of piperidine rings is 1. The van der Waals surface area contributed by atoms with Gasteiger partial charge < -0.3 is 19.5 Å². The van der Waals surface area contributed by atoms with Crippen molar-refractivity contribution in [2.45, 2.75) is 38.5 Å². The number of phenols is 1. The van der Waals surface area contributed by atoms with Crippen LogP contribution in [0.3, 0.4) is 0 Å². The normalized spacial score (nSPS) is 15.6. The first-order valence-electron chi connectivity index (χ1n) is 10.6. The Hall–Kier alpha value is -3.61. The lowest BCUT2D eigenvalue weighted by molar-refractivity contribution is -0.148. The van der Waals surface area contributed by atoms with Crippen molar-refractivity contribution < 1.29 is 24.2 Å². The number of fused-ring (bicyclic) bond motifs is 1. The van der Waals surface area contributed by atoms with Crippen molar-refractivity contribution in [3.05, 3.63) is 75.1 Å². The smallest absolute Gasteiger partial charge is 0.340 e. The van der Waals surface area contributed by atoms with E-state index in [2.05, 4.69) is 0 Å². The maximum Gasteiger partial charge on any atom is 0.340 e. The number of carbonyl (C=O) groups excluding carboxylic acids is 1. The highest BCUT2D eigenvalue weighted by atomic mass is 16.4. The molecule has 1 aromatic heterocycles. The Morgan fingerprint density at radius 1 is 1.03 bits per heavy atom. The van der Waals surface area contributed by atoms with Gasteiger partial charge in [-0.1, -0.05) is 30.3 Å². The zero-order valence-electron chi connectivity index (χ0n) is 18.1. The highest BCUT2D eigenvalue weighted by Crippen LogP contribution is 2.36. The van der Waals surface area contributed by atoms with Crippen LogP contribution in [0.1, 0.15) is 35.1 Å². The Labute approximate surface area is 184 Å². The predicted octanol–water partition coefficient (Wildman–Crippen LogP) is 3.30. The summed E-state index contributed by atoms with van der Waals surface area (Å²) >= 11 is 0. The van der Waals surface area contributed by atoms with Crippen molar-refractivity contribution in [1.29, 1.82) is 0 Å². The molecule has 0 atom stereocenters. The van der Waals surface area contributed by atoms with Crippen LogP contribution < -0.4 is 5.63 Å². The van der Waals surface area contributed by atoms with Crippen LogP contribution in [0.5, 0.6) is 5.75 Å². The Morgan fingerprint density at radius 2 is 1.69 bits per heavy atom. The van der Waals surface area contributed by atoms with Crippen LogP contribution in [-0.4, -0.2) is 40.1 Å². The fraction of sp³-hybridized carbons (Fsp3) is 0.320. The molecule has 32 heavy (non-hydrogen) atoms. The largest absolute Gasteiger partial charge is 0.508 e. The van der Waals surface area contributed by atoms with E-state index in [4.69, 9.17) is 4.42 Å². The Bertz CT molecular complexity index is 1250. The van der Waals surface area contributed by atoms with E-state index in [1.807, 2.05) is 30.3 Å². The number of benzene rings is 2. The molecule has 0 spiro atoms. The van der Waals surface area contributed by atoms with Gasteiger partial charge >= 0.3 is 11.6 Å². The summed E-state index contributed by atoms with van der Waals surface area (Å²) in [5.41, 5.74) is 0.843. The summed E-state index contributed by atoms with van der Waals surface area (Å²) in [5, 5.41) is 20.5.